The van der Waals surface area contributed by atoms with Crippen LogP contribution in [-0.4, -0.2) is 39.6 Å². The standard InChI is InChI=1S/C19H18FNO5S/c1-27(24,25)21-10-2-3-14-11-15(6-9-17(14)21)18(22)12-26-19(23)13-4-7-16(20)8-5-13/h4-9,11H,2-3,10,12H2,1H3. The van der Waals surface area contributed by atoms with Crippen molar-refractivity contribution in [2.45, 2.75) is 12.8 Å². The Morgan fingerprint density at radius 1 is 1.11 bits per heavy atom. The number of hydrogen-bond donors (Lipinski definition) is 0. The Labute approximate surface area is 156 Å². The van der Waals surface area contributed by atoms with Crippen molar-refractivity contribution in [3.05, 3.63) is 65.0 Å². The van der Waals surface area contributed by atoms with Gasteiger partial charge in [-0.25, -0.2) is 17.6 Å². The fourth-order valence-corrected chi connectivity index (χ4v) is 3.96. The molecule has 3 rings (SSSR count). The van der Waals surface area contributed by atoms with E-state index in [4.69, 9.17) is 4.74 Å². The van der Waals surface area contributed by atoms with Crippen LogP contribution in [0.4, 0.5) is 10.1 Å². The summed E-state index contributed by atoms with van der Waals surface area (Å²) in [7, 11) is -3.38. The quantitative estimate of drug-likeness (QED) is 0.578. The largest absolute Gasteiger partial charge is 0.454 e. The van der Waals surface area contributed by atoms with Crippen LogP contribution in [0.15, 0.2) is 42.5 Å². The second-order valence-electron chi connectivity index (χ2n) is 6.29. The Morgan fingerprint density at radius 3 is 2.44 bits per heavy atom. The first-order valence-corrected chi connectivity index (χ1v) is 10.2. The number of ether oxygens (including phenoxy) is 1. The van der Waals surface area contributed by atoms with Gasteiger partial charge in [0, 0.05) is 12.1 Å². The van der Waals surface area contributed by atoms with E-state index < -0.39 is 34.2 Å². The zero-order chi connectivity index (χ0) is 19.6. The van der Waals surface area contributed by atoms with Gasteiger partial charge in [0.05, 0.1) is 17.5 Å². The lowest BCUT2D eigenvalue weighted by Gasteiger charge is -2.29. The van der Waals surface area contributed by atoms with Crippen LogP contribution < -0.4 is 4.31 Å². The van der Waals surface area contributed by atoms with Crippen LogP contribution in [-0.2, 0) is 21.2 Å². The van der Waals surface area contributed by atoms with Gasteiger partial charge in [-0.3, -0.25) is 9.10 Å². The van der Waals surface area contributed by atoms with E-state index in [0.717, 1.165) is 24.0 Å². The average Bonchev–Trinajstić information content (AvgIpc) is 2.64. The molecule has 27 heavy (non-hydrogen) atoms. The Kier molecular flexibility index (Phi) is 5.27. The molecule has 0 amide bonds. The number of sulfonamides is 1. The van der Waals surface area contributed by atoms with Gasteiger partial charge in [0.2, 0.25) is 10.0 Å². The minimum Gasteiger partial charge on any atom is -0.454 e. The minimum atomic E-state index is -3.38. The van der Waals surface area contributed by atoms with Crippen LogP contribution in [0.1, 0.15) is 32.7 Å². The summed E-state index contributed by atoms with van der Waals surface area (Å²) in [4.78, 5) is 24.2. The summed E-state index contributed by atoms with van der Waals surface area (Å²) in [6, 6.07) is 9.59. The molecule has 1 aliphatic rings. The van der Waals surface area contributed by atoms with Gasteiger partial charge in [-0.05, 0) is 60.9 Å². The second kappa shape index (κ2) is 7.48. The van der Waals surface area contributed by atoms with Gasteiger partial charge in [0.1, 0.15) is 5.82 Å². The first-order chi connectivity index (χ1) is 12.8. The van der Waals surface area contributed by atoms with Gasteiger partial charge in [-0.2, -0.15) is 0 Å². The molecule has 2 aromatic carbocycles. The number of rotatable bonds is 5. The van der Waals surface area contributed by atoms with Gasteiger partial charge in [0.15, 0.2) is 12.4 Å². The Bertz CT molecular complexity index is 986. The number of aryl methyl sites for hydroxylation is 1. The molecule has 0 aromatic heterocycles. The van der Waals surface area contributed by atoms with Crippen molar-refractivity contribution in [2.24, 2.45) is 0 Å². The van der Waals surface area contributed by atoms with Crippen LogP contribution in [0.2, 0.25) is 0 Å². The number of ketones is 1. The molecule has 0 atom stereocenters. The number of nitrogens with zero attached hydrogens (tertiary/aromatic N) is 1. The molecule has 0 bridgehead atoms. The number of halogens is 1. The third kappa shape index (κ3) is 4.33. The maximum absolute atomic E-state index is 12.9. The highest BCUT2D eigenvalue weighted by Gasteiger charge is 2.24. The van der Waals surface area contributed by atoms with Crippen LogP contribution in [0.5, 0.6) is 0 Å². The molecular formula is C19H18FNO5S. The molecule has 0 radical (unpaired) electrons. The van der Waals surface area contributed by atoms with E-state index in [9.17, 15) is 22.4 Å². The second-order valence-corrected chi connectivity index (χ2v) is 8.20. The van der Waals surface area contributed by atoms with E-state index in [1.165, 1.54) is 22.5 Å². The fraction of sp³-hybridized carbons (Fsp3) is 0.263. The smallest absolute Gasteiger partial charge is 0.338 e. The molecule has 1 aliphatic heterocycles. The molecule has 142 valence electrons. The van der Waals surface area contributed by atoms with Crippen molar-refractivity contribution in [3.8, 4) is 0 Å². The topological polar surface area (TPSA) is 80.8 Å². The maximum atomic E-state index is 12.9. The Balaban J connectivity index is 1.71. The number of anilines is 1. The fourth-order valence-electron chi connectivity index (χ4n) is 2.96. The number of benzene rings is 2. The number of hydrogen-bond acceptors (Lipinski definition) is 5. The predicted octanol–water partition coefficient (Wildman–Crippen LogP) is 2.58. The summed E-state index contributed by atoms with van der Waals surface area (Å²) < 4.78 is 43.0. The van der Waals surface area contributed by atoms with Gasteiger partial charge < -0.3 is 4.74 Å². The summed E-state index contributed by atoms with van der Waals surface area (Å²) in [5.41, 5.74) is 1.83. The molecule has 0 saturated heterocycles. The van der Waals surface area contributed by atoms with E-state index in [2.05, 4.69) is 0 Å². The highest BCUT2D eigenvalue weighted by Crippen LogP contribution is 2.30. The third-order valence-corrected chi connectivity index (χ3v) is 5.47. The first kappa shape index (κ1) is 19.0. The van der Waals surface area contributed by atoms with Gasteiger partial charge >= 0.3 is 5.97 Å². The van der Waals surface area contributed by atoms with Gasteiger partial charge in [-0.15, -0.1) is 0 Å². The number of fused-ring (bicyclic) bond motifs is 1. The summed E-state index contributed by atoms with van der Waals surface area (Å²) in [5, 5.41) is 0. The van der Waals surface area contributed by atoms with Crippen LogP contribution >= 0.6 is 0 Å². The van der Waals surface area contributed by atoms with Gasteiger partial charge in [-0.1, -0.05) is 0 Å². The maximum Gasteiger partial charge on any atom is 0.338 e. The van der Waals surface area contributed by atoms with Crippen LogP contribution in [0, 0.1) is 5.82 Å². The van der Waals surface area contributed by atoms with Crippen molar-refractivity contribution in [1.29, 1.82) is 0 Å². The van der Waals surface area contributed by atoms with Crippen molar-refractivity contribution < 1.29 is 27.1 Å². The first-order valence-electron chi connectivity index (χ1n) is 8.32. The van der Waals surface area contributed by atoms with E-state index >= 15 is 0 Å². The molecule has 0 N–H and O–H groups in total. The van der Waals surface area contributed by atoms with Crippen molar-refractivity contribution in [2.75, 3.05) is 23.7 Å². The molecule has 1 heterocycles. The monoisotopic (exact) mass is 391 g/mol. The van der Waals surface area contributed by atoms with Crippen LogP contribution in [0.25, 0.3) is 0 Å². The average molecular weight is 391 g/mol. The molecular weight excluding hydrogens is 373 g/mol. The van der Waals surface area contributed by atoms with E-state index in [1.54, 1.807) is 12.1 Å². The number of carbonyl (C=O) groups is 2. The van der Waals surface area contributed by atoms with Crippen LogP contribution in [0.3, 0.4) is 0 Å². The third-order valence-electron chi connectivity index (χ3n) is 4.29. The lowest BCUT2D eigenvalue weighted by atomic mass is 9.99. The number of carbonyl (C=O) groups excluding carboxylic acids is 2. The highest BCUT2D eigenvalue weighted by molar-refractivity contribution is 7.92. The molecule has 6 nitrogen and oxygen atoms in total. The van der Waals surface area contributed by atoms with Gasteiger partial charge in [0.25, 0.3) is 0 Å². The molecule has 0 aliphatic carbocycles. The molecule has 0 saturated carbocycles. The van der Waals surface area contributed by atoms with E-state index in [1.807, 2.05) is 0 Å². The number of Topliss-reactive ketones (excluding diaryl/α,β-unsaturated/α-hetero) is 1. The van der Waals surface area contributed by atoms with Crippen molar-refractivity contribution in [3.63, 3.8) is 0 Å². The van der Waals surface area contributed by atoms with E-state index in [0.29, 0.717) is 30.6 Å². The van der Waals surface area contributed by atoms with Crippen molar-refractivity contribution in [1.82, 2.24) is 0 Å². The summed E-state index contributed by atoms with van der Waals surface area (Å²) in [5.74, 6) is -1.59. The molecule has 2 aromatic rings. The van der Waals surface area contributed by atoms with E-state index in [-0.39, 0.29) is 5.56 Å². The Morgan fingerprint density at radius 2 is 1.78 bits per heavy atom. The molecule has 0 unspecified atom stereocenters. The summed E-state index contributed by atoms with van der Waals surface area (Å²) in [6.45, 7) is -0.0425. The summed E-state index contributed by atoms with van der Waals surface area (Å²) in [6.07, 6.45) is 2.48. The lowest BCUT2D eigenvalue weighted by molar-refractivity contribution is 0.0474. The minimum absolute atomic E-state index is 0.151. The number of esters is 1. The zero-order valence-corrected chi connectivity index (χ0v) is 15.5. The summed E-state index contributed by atoms with van der Waals surface area (Å²) >= 11 is 0. The normalized spacial score (nSPS) is 13.8. The highest BCUT2D eigenvalue weighted by atomic mass is 32.2. The zero-order valence-electron chi connectivity index (χ0n) is 14.6. The lowest BCUT2D eigenvalue weighted by Crippen LogP contribution is -2.34. The molecule has 8 heteroatoms. The molecule has 0 spiro atoms. The predicted molar refractivity (Wildman–Crippen MR) is 98.0 cm³/mol. The Hall–Kier alpha value is -2.74. The SMILES string of the molecule is CS(=O)(=O)N1CCCc2cc(C(=O)COC(=O)c3ccc(F)cc3)ccc21. The molecule has 0 fully saturated rings. The van der Waals surface area contributed by atoms with Crippen molar-refractivity contribution >= 4 is 27.5 Å².